The highest BCUT2D eigenvalue weighted by Crippen LogP contribution is 2.36. The van der Waals surface area contributed by atoms with Crippen molar-refractivity contribution in [2.45, 2.75) is 6.10 Å². The van der Waals surface area contributed by atoms with Gasteiger partial charge in [-0.25, -0.2) is 9.78 Å². The monoisotopic (exact) mass is 410 g/mol. The average Bonchev–Trinajstić information content (AvgIpc) is 2.86. The third-order valence-corrected chi connectivity index (χ3v) is 4.98. The van der Waals surface area contributed by atoms with E-state index in [1.807, 2.05) is 0 Å². The maximum absolute atomic E-state index is 12.7. The number of nitrogens with zero attached hydrogens (tertiary/aromatic N) is 2. The van der Waals surface area contributed by atoms with Crippen LogP contribution in [-0.2, 0) is 7.05 Å². The van der Waals surface area contributed by atoms with E-state index in [0.29, 0.717) is 22.8 Å². The van der Waals surface area contributed by atoms with Crippen molar-refractivity contribution >= 4 is 11.7 Å². The highest BCUT2D eigenvalue weighted by Gasteiger charge is 2.32. The van der Waals surface area contributed by atoms with Crippen molar-refractivity contribution in [3.05, 3.63) is 68.0 Å². The minimum atomic E-state index is -1.54. The average molecular weight is 410 g/mol. The molecule has 1 aromatic carbocycles. The quantitative estimate of drug-likeness (QED) is 0.581. The van der Waals surface area contributed by atoms with Crippen LogP contribution in [0.3, 0.4) is 0 Å². The zero-order valence-corrected chi connectivity index (χ0v) is 16.3. The van der Waals surface area contributed by atoms with Crippen LogP contribution in [-0.4, -0.2) is 39.8 Å². The third-order valence-electron chi connectivity index (χ3n) is 4.98. The number of H-pyrrole nitrogens is 1. The lowest BCUT2D eigenvalue weighted by atomic mass is 10.0. The Bertz CT molecular complexity index is 1290. The van der Waals surface area contributed by atoms with Crippen LogP contribution in [0.25, 0.3) is 11.3 Å². The van der Waals surface area contributed by atoms with E-state index in [0.717, 1.165) is 4.57 Å². The Morgan fingerprint density at radius 3 is 2.53 bits per heavy atom. The van der Waals surface area contributed by atoms with Crippen molar-refractivity contribution < 1.29 is 19.4 Å². The number of ether oxygens (including phenoxy) is 2. The van der Waals surface area contributed by atoms with Crippen molar-refractivity contribution in [2.75, 3.05) is 19.5 Å². The summed E-state index contributed by atoms with van der Waals surface area (Å²) in [5.41, 5.74) is -0.653. The van der Waals surface area contributed by atoms with Gasteiger partial charge in [0.2, 0.25) is 0 Å². The van der Waals surface area contributed by atoms with Gasteiger partial charge in [-0.2, -0.15) is 0 Å². The maximum atomic E-state index is 12.7. The first kappa shape index (κ1) is 19.4. The molecule has 1 amide bonds. The molecule has 0 aliphatic carbocycles. The number of benzene rings is 1. The third kappa shape index (κ3) is 2.94. The molecule has 0 bridgehead atoms. The Balaban J connectivity index is 1.96. The van der Waals surface area contributed by atoms with Gasteiger partial charge in [-0.05, 0) is 30.3 Å². The standard InChI is InChI=1S/C20H18N4O6/c1-24-17-14(19(27)23-20(24)28)16(25)15-10(18(26)22-17)5-6-12(21-15)11-8-9(29-2)4-7-13(11)30-3/h4-8,16,25H,1-3H3,(H,22,26)(H,23,27,28). The number of aliphatic hydroxyl groups excluding tert-OH is 1. The Morgan fingerprint density at radius 1 is 1.07 bits per heavy atom. The van der Waals surface area contributed by atoms with Crippen molar-refractivity contribution in [1.82, 2.24) is 14.5 Å². The first-order chi connectivity index (χ1) is 14.3. The number of nitrogens with one attached hydrogen (secondary N) is 2. The smallest absolute Gasteiger partial charge is 0.329 e. The fourth-order valence-corrected chi connectivity index (χ4v) is 3.39. The van der Waals surface area contributed by atoms with Gasteiger partial charge in [0.15, 0.2) is 0 Å². The van der Waals surface area contributed by atoms with E-state index < -0.39 is 23.3 Å². The zero-order valence-electron chi connectivity index (χ0n) is 16.3. The number of carbonyl (C=O) groups is 1. The molecule has 4 rings (SSSR count). The second-order valence-electron chi connectivity index (χ2n) is 6.63. The summed E-state index contributed by atoms with van der Waals surface area (Å²) in [5, 5.41) is 13.5. The van der Waals surface area contributed by atoms with Crippen LogP contribution in [0.4, 0.5) is 5.82 Å². The Hall–Kier alpha value is -3.92. The summed E-state index contributed by atoms with van der Waals surface area (Å²) in [6.45, 7) is 0. The van der Waals surface area contributed by atoms with Crippen LogP contribution >= 0.6 is 0 Å². The van der Waals surface area contributed by atoms with Crippen LogP contribution < -0.4 is 26.0 Å². The van der Waals surface area contributed by atoms with Gasteiger partial charge >= 0.3 is 5.69 Å². The maximum Gasteiger partial charge on any atom is 0.329 e. The molecule has 30 heavy (non-hydrogen) atoms. The number of aliphatic hydroxyl groups is 1. The number of rotatable bonds is 3. The van der Waals surface area contributed by atoms with E-state index in [4.69, 9.17) is 9.47 Å². The summed E-state index contributed by atoms with van der Waals surface area (Å²) in [4.78, 5) is 43.6. The van der Waals surface area contributed by atoms with Gasteiger partial charge in [-0.15, -0.1) is 0 Å². The molecule has 0 fully saturated rings. The molecule has 3 heterocycles. The number of aromatic amines is 1. The summed E-state index contributed by atoms with van der Waals surface area (Å²) in [5.74, 6) is 0.397. The van der Waals surface area contributed by atoms with Crippen LogP contribution in [0, 0.1) is 0 Å². The van der Waals surface area contributed by atoms with E-state index in [1.165, 1.54) is 27.3 Å². The molecule has 1 aliphatic rings. The number of pyridine rings is 1. The van der Waals surface area contributed by atoms with Gasteiger partial charge in [0, 0.05) is 12.6 Å². The molecular weight excluding hydrogens is 392 g/mol. The number of methoxy groups -OCH3 is 2. The topological polar surface area (TPSA) is 136 Å². The number of hydrogen-bond acceptors (Lipinski definition) is 7. The fraction of sp³-hybridized carbons (Fsp3) is 0.200. The minimum Gasteiger partial charge on any atom is -0.497 e. The molecule has 154 valence electrons. The Kier molecular flexibility index (Phi) is 4.63. The molecule has 2 aromatic heterocycles. The molecule has 3 aromatic rings. The molecule has 0 radical (unpaired) electrons. The summed E-state index contributed by atoms with van der Waals surface area (Å²) >= 11 is 0. The van der Waals surface area contributed by atoms with E-state index in [1.54, 1.807) is 24.3 Å². The first-order valence-corrected chi connectivity index (χ1v) is 8.91. The normalized spacial score (nSPS) is 14.9. The highest BCUT2D eigenvalue weighted by atomic mass is 16.5. The Labute approximate surface area is 169 Å². The lowest BCUT2D eigenvalue weighted by Crippen LogP contribution is -2.34. The lowest BCUT2D eigenvalue weighted by Gasteiger charge is -2.15. The summed E-state index contributed by atoms with van der Waals surface area (Å²) in [6, 6.07) is 8.24. The molecule has 3 N–H and O–H groups in total. The van der Waals surface area contributed by atoms with Gasteiger partial charge in [-0.3, -0.25) is 19.1 Å². The van der Waals surface area contributed by atoms with Gasteiger partial charge < -0.3 is 19.9 Å². The molecule has 0 spiro atoms. The molecule has 10 nitrogen and oxygen atoms in total. The number of amides is 1. The molecule has 0 saturated carbocycles. The Morgan fingerprint density at radius 2 is 1.83 bits per heavy atom. The van der Waals surface area contributed by atoms with Crippen LogP contribution in [0.5, 0.6) is 11.5 Å². The van der Waals surface area contributed by atoms with Crippen molar-refractivity contribution in [2.24, 2.45) is 7.05 Å². The van der Waals surface area contributed by atoms with Gasteiger partial charge in [0.05, 0.1) is 36.7 Å². The predicted octanol–water partition coefficient (Wildman–Crippen LogP) is 0.800. The molecular formula is C20H18N4O6. The zero-order chi connectivity index (χ0) is 21.6. The van der Waals surface area contributed by atoms with Crippen LogP contribution in [0.15, 0.2) is 39.9 Å². The molecule has 10 heteroatoms. The number of fused-ring (bicyclic) bond motifs is 2. The number of hydrogen-bond donors (Lipinski definition) is 3. The van der Waals surface area contributed by atoms with E-state index in [-0.39, 0.29) is 22.6 Å². The molecule has 1 aliphatic heterocycles. The van der Waals surface area contributed by atoms with Gasteiger partial charge in [-0.1, -0.05) is 0 Å². The van der Waals surface area contributed by atoms with Crippen molar-refractivity contribution in [3.63, 3.8) is 0 Å². The number of anilines is 1. The minimum absolute atomic E-state index is 0.0160. The predicted molar refractivity (Wildman–Crippen MR) is 107 cm³/mol. The summed E-state index contributed by atoms with van der Waals surface area (Å²) in [7, 11) is 4.41. The molecule has 1 unspecified atom stereocenters. The number of aromatic nitrogens is 3. The van der Waals surface area contributed by atoms with Crippen molar-refractivity contribution in [3.8, 4) is 22.8 Å². The first-order valence-electron chi connectivity index (χ1n) is 8.91. The largest absolute Gasteiger partial charge is 0.497 e. The van der Waals surface area contributed by atoms with Crippen LogP contribution in [0.2, 0.25) is 0 Å². The summed E-state index contributed by atoms with van der Waals surface area (Å²) in [6.07, 6.45) is -1.54. The number of carbonyl (C=O) groups excluding carboxylic acids is 1. The second-order valence-corrected chi connectivity index (χ2v) is 6.63. The van der Waals surface area contributed by atoms with Crippen molar-refractivity contribution in [1.29, 1.82) is 0 Å². The highest BCUT2D eigenvalue weighted by molar-refractivity contribution is 6.06. The fourth-order valence-electron chi connectivity index (χ4n) is 3.39. The van der Waals surface area contributed by atoms with E-state index >= 15 is 0 Å². The lowest BCUT2D eigenvalue weighted by molar-refractivity contribution is 0.102. The van der Waals surface area contributed by atoms with Gasteiger partial charge in [0.1, 0.15) is 23.4 Å². The van der Waals surface area contributed by atoms with E-state index in [2.05, 4.69) is 15.3 Å². The van der Waals surface area contributed by atoms with E-state index in [9.17, 15) is 19.5 Å². The second kappa shape index (κ2) is 7.16. The molecule has 0 saturated heterocycles. The SMILES string of the molecule is COc1ccc(OC)c(-c2ccc3c(n2)C(O)c2c(n(C)c(=O)[nH]c2=O)NC3=O)c1. The summed E-state index contributed by atoms with van der Waals surface area (Å²) < 4.78 is 11.7. The van der Waals surface area contributed by atoms with Crippen LogP contribution in [0.1, 0.15) is 27.7 Å². The van der Waals surface area contributed by atoms with Gasteiger partial charge in [0.25, 0.3) is 11.5 Å². The molecule has 1 atom stereocenters.